The Morgan fingerprint density at radius 3 is 2.43 bits per heavy atom. The van der Waals surface area contributed by atoms with E-state index in [0.29, 0.717) is 16.9 Å². The van der Waals surface area contributed by atoms with Crippen molar-refractivity contribution in [3.8, 4) is 6.07 Å². The van der Waals surface area contributed by atoms with Crippen LogP contribution in [0.4, 0.5) is 17.2 Å². The highest BCUT2D eigenvalue weighted by Gasteiger charge is 2.19. The number of carbonyl (C=O) groups excluding carboxylic acids is 1. The van der Waals surface area contributed by atoms with Gasteiger partial charge in [-0.25, -0.2) is 4.98 Å². The summed E-state index contributed by atoms with van der Waals surface area (Å²) in [5, 5.41) is 15.0. The molecular formula is C23H22N4O. The zero-order valence-corrected chi connectivity index (χ0v) is 16.2. The molecule has 140 valence electrons. The van der Waals surface area contributed by atoms with Crippen molar-refractivity contribution in [1.82, 2.24) is 4.98 Å². The van der Waals surface area contributed by atoms with E-state index in [0.717, 1.165) is 16.9 Å². The summed E-state index contributed by atoms with van der Waals surface area (Å²) in [4.78, 5) is 17.0. The standard InChI is InChI=1S/C23H22N4O/c1-23(2,3)19-6-4-5-7-20(19)27-22(28)17-12-13-25-21(14-17)26-18-10-8-16(15-24)9-11-18/h4-14H,1-3H3,(H,25,26)(H,27,28). The fourth-order valence-electron chi connectivity index (χ4n) is 2.86. The van der Waals surface area contributed by atoms with E-state index in [1.807, 2.05) is 24.3 Å². The van der Waals surface area contributed by atoms with Crippen LogP contribution in [0.3, 0.4) is 0 Å². The molecule has 0 saturated heterocycles. The first-order valence-electron chi connectivity index (χ1n) is 9.01. The topological polar surface area (TPSA) is 77.8 Å². The molecule has 0 atom stereocenters. The van der Waals surface area contributed by atoms with Crippen LogP contribution < -0.4 is 10.6 Å². The predicted molar refractivity (Wildman–Crippen MR) is 112 cm³/mol. The lowest BCUT2D eigenvalue weighted by molar-refractivity contribution is 0.102. The number of hydrogen-bond acceptors (Lipinski definition) is 4. The highest BCUT2D eigenvalue weighted by molar-refractivity contribution is 6.05. The van der Waals surface area contributed by atoms with Gasteiger partial charge in [-0.1, -0.05) is 39.0 Å². The normalized spacial score (nSPS) is 10.8. The summed E-state index contributed by atoms with van der Waals surface area (Å²) in [5.74, 6) is 0.364. The molecule has 0 fully saturated rings. The van der Waals surface area contributed by atoms with Gasteiger partial charge in [-0.05, 0) is 53.4 Å². The molecule has 2 aromatic carbocycles. The van der Waals surface area contributed by atoms with Crippen LogP contribution in [-0.2, 0) is 5.41 Å². The van der Waals surface area contributed by atoms with Crippen molar-refractivity contribution in [2.75, 3.05) is 10.6 Å². The smallest absolute Gasteiger partial charge is 0.255 e. The van der Waals surface area contributed by atoms with E-state index >= 15 is 0 Å². The van der Waals surface area contributed by atoms with Gasteiger partial charge < -0.3 is 10.6 Å². The lowest BCUT2D eigenvalue weighted by Gasteiger charge is -2.23. The SMILES string of the molecule is CC(C)(C)c1ccccc1NC(=O)c1ccnc(Nc2ccc(C#N)cc2)c1. The first kappa shape index (κ1) is 19.1. The molecule has 1 aromatic heterocycles. The molecule has 0 aliphatic carbocycles. The van der Waals surface area contributed by atoms with Gasteiger partial charge in [-0.15, -0.1) is 0 Å². The molecule has 0 bridgehead atoms. The van der Waals surface area contributed by atoms with E-state index in [2.05, 4.69) is 42.5 Å². The summed E-state index contributed by atoms with van der Waals surface area (Å²) in [7, 11) is 0. The molecule has 3 aromatic rings. The van der Waals surface area contributed by atoms with Crippen LogP contribution in [0.25, 0.3) is 0 Å². The second-order valence-electron chi connectivity index (χ2n) is 7.49. The maximum atomic E-state index is 12.8. The Hall–Kier alpha value is -3.65. The molecule has 0 radical (unpaired) electrons. The molecule has 0 spiro atoms. The zero-order valence-electron chi connectivity index (χ0n) is 16.2. The quantitative estimate of drug-likeness (QED) is 0.658. The Morgan fingerprint density at radius 1 is 1.04 bits per heavy atom. The Balaban J connectivity index is 1.79. The average molecular weight is 370 g/mol. The fraction of sp³-hybridized carbons (Fsp3) is 0.174. The number of nitrogens with one attached hydrogen (secondary N) is 2. The van der Waals surface area contributed by atoms with Gasteiger partial charge in [0.2, 0.25) is 0 Å². The number of nitriles is 1. The third-order valence-electron chi connectivity index (χ3n) is 4.29. The van der Waals surface area contributed by atoms with Crippen molar-refractivity contribution in [3.05, 3.63) is 83.6 Å². The minimum absolute atomic E-state index is 0.0789. The van der Waals surface area contributed by atoms with Crippen LogP contribution in [-0.4, -0.2) is 10.9 Å². The van der Waals surface area contributed by atoms with E-state index in [4.69, 9.17) is 5.26 Å². The number of para-hydroxylation sites is 1. The molecule has 0 aliphatic heterocycles. The lowest BCUT2D eigenvalue weighted by Crippen LogP contribution is -2.18. The van der Waals surface area contributed by atoms with Crippen molar-refractivity contribution in [1.29, 1.82) is 5.26 Å². The molecule has 1 heterocycles. The van der Waals surface area contributed by atoms with Gasteiger partial charge in [-0.3, -0.25) is 4.79 Å². The van der Waals surface area contributed by atoms with Gasteiger partial charge in [0.25, 0.3) is 5.91 Å². The maximum absolute atomic E-state index is 12.8. The summed E-state index contributed by atoms with van der Waals surface area (Å²) >= 11 is 0. The monoisotopic (exact) mass is 370 g/mol. The number of aromatic nitrogens is 1. The number of hydrogen-bond donors (Lipinski definition) is 2. The van der Waals surface area contributed by atoms with Crippen molar-refractivity contribution < 1.29 is 4.79 Å². The van der Waals surface area contributed by atoms with Gasteiger partial charge in [0.15, 0.2) is 0 Å². The van der Waals surface area contributed by atoms with Gasteiger partial charge in [0.1, 0.15) is 5.82 Å². The molecule has 0 saturated carbocycles. The number of amides is 1. The first-order valence-corrected chi connectivity index (χ1v) is 9.01. The highest BCUT2D eigenvalue weighted by atomic mass is 16.1. The highest BCUT2D eigenvalue weighted by Crippen LogP contribution is 2.29. The Morgan fingerprint density at radius 2 is 1.75 bits per heavy atom. The summed E-state index contributed by atoms with van der Waals surface area (Å²) in [6, 6.07) is 20.3. The third kappa shape index (κ3) is 4.54. The first-order chi connectivity index (χ1) is 13.4. The van der Waals surface area contributed by atoms with Crippen molar-refractivity contribution in [2.45, 2.75) is 26.2 Å². The van der Waals surface area contributed by atoms with E-state index < -0.39 is 0 Å². The minimum Gasteiger partial charge on any atom is -0.340 e. The van der Waals surface area contributed by atoms with Gasteiger partial charge in [0.05, 0.1) is 11.6 Å². The molecule has 28 heavy (non-hydrogen) atoms. The number of carbonyl (C=O) groups is 1. The second kappa shape index (κ2) is 7.93. The van der Waals surface area contributed by atoms with E-state index in [1.54, 1.807) is 42.6 Å². The Kier molecular flexibility index (Phi) is 5.42. The van der Waals surface area contributed by atoms with Crippen LogP contribution >= 0.6 is 0 Å². The van der Waals surface area contributed by atoms with E-state index in [-0.39, 0.29) is 11.3 Å². The van der Waals surface area contributed by atoms with Gasteiger partial charge >= 0.3 is 0 Å². The average Bonchev–Trinajstić information content (AvgIpc) is 2.68. The summed E-state index contributed by atoms with van der Waals surface area (Å²) < 4.78 is 0. The summed E-state index contributed by atoms with van der Waals surface area (Å²) in [6.45, 7) is 6.35. The largest absolute Gasteiger partial charge is 0.340 e. The third-order valence-corrected chi connectivity index (χ3v) is 4.29. The van der Waals surface area contributed by atoms with Crippen LogP contribution in [0.2, 0.25) is 0 Å². The van der Waals surface area contributed by atoms with Crippen LogP contribution in [0.15, 0.2) is 66.9 Å². The molecule has 5 nitrogen and oxygen atoms in total. The molecule has 0 aliphatic rings. The van der Waals surface area contributed by atoms with Gasteiger partial charge in [0, 0.05) is 23.1 Å². The van der Waals surface area contributed by atoms with E-state index in [1.165, 1.54) is 0 Å². The molecule has 1 amide bonds. The molecule has 0 unspecified atom stereocenters. The van der Waals surface area contributed by atoms with Gasteiger partial charge in [-0.2, -0.15) is 5.26 Å². The Labute approximate surface area is 165 Å². The summed E-state index contributed by atoms with van der Waals surface area (Å²) in [5.41, 5.74) is 3.69. The van der Waals surface area contributed by atoms with E-state index in [9.17, 15) is 4.79 Å². The Bertz CT molecular complexity index is 1030. The molecular weight excluding hydrogens is 348 g/mol. The molecule has 3 rings (SSSR count). The van der Waals surface area contributed by atoms with Crippen molar-refractivity contribution in [2.24, 2.45) is 0 Å². The van der Waals surface area contributed by atoms with Crippen LogP contribution in [0.1, 0.15) is 42.3 Å². The summed E-state index contributed by atoms with van der Waals surface area (Å²) in [6.07, 6.45) is 1.59. The lowest BCUT2D eigenvalue weighted by atomic mass is 9.86. The second-order valence-corrected chi connectivity index (χ2v) is 7.49. The number of benzene rings is 2. The predicted octanol–water partition coefficient (Wildman–Crippen LogP) is 5.25. The maximum Gasteiger partial charge on any atom is 0.255 e. The minimum atomic E-state index is -0.193. The van der Waals surface area contributed by atoms with Crippen LogP contribution in [0, 0.1) is 11.3 Å². The molecule has 5 heteroatoms. The van der Waals surface area contributed by atoms with Crippen LogP contribution in [0.5, 0.6) is 0 Å². The number of nitrogens with zero attached hydrogens (tertiary/aromatic N) is 2. The number of anilines is 3. The van der Waals surface area contributed by atoms with Crippen molar-refractivity contribution >= 4 is 23.1 Å². The van der Waals surface area contributed by atoms with Crippen molar-refractivity contribution in [3.63, 3.8) is 0 Å². The number of rotatable bonds is 4. The molecule has 2 N–H and O–H groups in total. The fourth-order valence-corrected chi connectivity index (χ4v) is 2.86. The number of pyridine rings is 1. The zero-order chi connectivity index (χ0) is 20.1.